The molecule has 112 valence electrons. The molecular formula is C16H13FN2O2S. The van der Waals surface area contributed by atoms with Crippen LogP contribution >= 0.6 is 11.8 Å². The van der Waals surface area contributed by atoms with Crippen molar-refractivity contribution in [2.24, 2.45) is 0 Å². The van der Waals surface area contributed by atoms with Gasteiger partial charge in [-0.05, 0) is 43.0 Å². The van der Waals surface area contributed by atoms with Crippen molar-refractivity contribution >= 4 is 28.6 Å². The molecule has 6 heteroatoms. The number of methoxy groups -OCH3 is 1. The molecule has 1 aromatic heterocycles. The number of ether oxygens (including phenoxy) is 1. The highest BCUT2D eigenvalue weighted by Gasteiger charge is 2.11. The Morgan fingerprint density at radius 2 is 2.09 bits per heavy atom. The van der Waals surface area contributed by atoms with Gasteiger partial charge in [0.25, 0.3) is 0 Å². The largest absolute Gasteiger partial charge is 0.497 e. The van der Waals surface area contributed by atoms with E-state index in [9.17, 15) is 9.18 Å². The van der Waals surface area contributed by atoms with Gasteiger partial charge in [0.05, 0.1) is 23.0 Å². The molecule has 0 aliphatic carbocycles. The molecule has 0 aliphatic heterocycles. The second-order valence-corrected chi connectivity index (χ2v) is 5.76. The summed E-state index contributed by atoms with van der Waals surface area (Å²) < 4.78 is 19.2. The minimum Gasteiger partial charge on any atom is -0.497 e. The van der Waals surface area contributed by atoms with Gasteiger partial charge in [-0.2, -0.15) is 0 Å². The highest BCUT2D eigenvalue weighted by atomic mass is 32.2. The highest BCUT2D eigenvalue weighted by Crippen LogP contribution is 2.30. The number of benzene rings is 2. The number of H-pyrrole nitrogens is 1. The molecule has 0 amide bonds. The van der Waals surface area contributed by atoms with E-state index in [1.165, 1.54) is 24.8 Å². The second-order valence-electron chi connectivity index (χ2n) is 4.73. The van der Waals surface area contributed by atoms with E-state index in [1.807, 2.05) is 18.2 Å². The summed E-state index contributed by atoms with van der Waals surface area (Å²) in [5.74, 6) is 0.131. The van der Waals surface area contributed by atoms with Crippen molar-refractivity contribution in [1.82, 2.24) is 9.97 Å². The van der Waals surface area contributed by atoms with Gasteiger partial charge in [0.2, 0.25) is 0 Å². The summed E-state index contributed by atoms with van der Waals surface area (Å²) in [7, 11) is 1.60. The number of carbonyl (C=O) groups excluding carboxylic acids is 1. The lowest BCUT2D eigenvalue weighted by atomic mass is 10.1. The van der Waals surface area contributed by atoms with Gasteiger partial charge in [-0.1, -0.05) is 6.07 Å². The minimum absolute atomic E-state index is 0.161. The first-order valence-corrected chi connectivity index (χ1v) is 7.40. The third-order valence-electron chi connectivity index (χ3n) is 3.21. The quantitative estimate of drug-likeness (QED) is 0.737. The SMILES string of the molecule is COc1ccc2nc(Sc3ccc(C(C)=O)cc3F)[nH]c2c1. The zero-order chi connectivity index (χ0) is 15.7. The average Bonchev–Trinajstić information content (AvgIpc) is 2.90. The zero-order valence-electron chi connectivity index (χ0n) is 12.0. The van der Waals surface area contributed by atoms with E-state index in [0.717, 1.165) is 16.8 Å². The van der Waals surface area contributed by atoms with E-state index in [1.54, 1.807) is 19.2 Å². The van der Waals surface area contributed by atoms with Crippen molar-refractivity contribution in [3.8, 4) is 5.75 Å². The first-order valence-electron chi connectivity index (χ1n) is 6.59. The number of nitrogens with one attached hydrogen (secondary N) is 1. The van der Waals surface area contributed by atoms with Crippen molar-refractivity contribution in [2.45, 2.75) is 17.0 Å². The molecule has 0 atom stereocenters. The Bertz CT molecular complexity index is 860. The number of hydrogen-bond acceptors (Lipinski definition) is 4. The molecule has 0 bridgehead atoms. The number of ketones is 1. The summed E-state index contributed by atoms with van der Waals surface area (Å²) in [6, 6.07) is 9.94. The monoisotopic (exact) mass is 316 g/mol. The number of rotatable bonds is 4. The molecular weight excluding hydrogens is 303 g/mol. The Hall–Kier alpha value is -2.34. The first kappa shape index (κ1) is 14.6. The Morgan fingerprint density at radius 1 is 1.27 bits per heavy atom. The van der Waals surface area contributed by atoms with Gasteiger partial charge in [0.15, 0.2) is 10.9 Å². The molecule has 1 heterocycles. The van der Waals surface area contributed by atoms with Crippen LogP contribution in [0.5, 0.6) is 5.75 Å². The summed E-state index contributed by atoms with van der Waals surface area (Å²) in [4.78, 5) is 19.2. The minimum atomic E-state index is -0.435. The van der Waals surface area contributed by atoms with Gasteiger partial charge in [-0.3, -0.25) is 4.79 Å². The van der Waals surface area contributed by atoms with Crippen LogP contribution in [0.15, 0.2) is 46.5 Å². The van der Waals surface area contributed by atoms with Gasteiger partial charge in [-0.15, -0.1) is 0 Å². The molecule has 0 saturated heterocycles. The average molecular weight is 316 g/mol. The number of aromatic nitrogens is 2. The van der Waals surface area contributed by atoms with Crippen LogP contribution in [0, 0.1) is 5.82 Å². The fraction of sp³-hybridized carbons (Fsp3) is 0.125. The topological polar surface area (TPSA) is 55.0 Å². The van der Waals surface area contributed by atoms with E-state index in [2.05, 4.69) is 9.97 Å². The van der Waals surface area contributed by atoms with Crippen LogP contribution in [-0.4, -0.2) is 22.9 Å². The van der Waals surface area contributed by atoms with E-state index >= 15 is 0 Å². The maximum absolute atomic E-state index is 14.0. The van der Waals surface area contributed by atoms with Crippen LogP contribution in [0.25, 0.3) is 11.0 Å². The van der Waals surface area contributed by atoms with E-state index in [-0.39, 0.29) is 5.78 Å². The molecule has 0 saturated carbocycles. The summed E-state index contributed by atoms with van der Waals surface area (Å²) in [5.41, 5.74) is 1.96. The number of halogens is 1. The van der Waals surface area contributed by atoms with Crippen LogP contribution < -0.4 is 4.74 Å². The van der Waals surface area contributed by atoms with Gasteiger partial charge in [-0.25, -0.2) is 9.37 Å². The molecule has 3 rings (SSSR count). The Labute approximate surface area is 130 Å². The third kappa shape index (κ3) is 2.82. The predicted octanol–water partition coefficient (Wildman–Crippen LogP) is 4.06. The Morgan fingerprint density at radius 3 is 2.77 bits per heavy atom. The predicted molar refractivity (Wildman–Crippen MR) is 83.2 cm³/mol. The summed E-state index contributed by atoms with van der Waals surface area (Å²) >= 11 is 1.18. The normalized spacial score (nSPS) is 10.9. The van der Waals surface area contributed by atoms with E-state index in [4.69, 9.17) is 4.74 Å². The fourth-order valence-corrected chi connectivity index (χ4v) is 2.85. The molecule has 3 aromatic rings. The molecule has 0 spiro atoms. The van der Waals surface area contributed by atoms with Gasteiger partial charge in [0, 0.05) is 11.6 Å². The number of carbonyl (C=O) groups is 1. The van der Waals surface area contributed by atoms with Crippen LogP contribution in [0.3, 0.4) is 0 Å². The van der Waals surface area contributed by atoms with E-state index < -0.39 is 5.82 Å². The number of nitrogens with zero attached hydrogens (tertiary/aromatic N) is 1. The van der Waals surface area contributed by atoms with Crippen molar-refractivity contribution in [1.29, 1.82) is 0 Å². The van der Waals surface area contributed by atoms with Gasteiger partial charge in [0.1, 0.15) is 11.6 Å². The van der Waals surface area contributed by atoms with Crippen molar-refractivity contribution < 1.29 is 13.9 Å². The smallest absolute Gasteiger partial charge is 0.171 e. The van der Waals surface area contributed by atoms with Gasteiger partial charge >= 0.3 is 0 Å². The lowest BCUT2D eigenvalue weighted by molar-refractivity contribution is 0.101. The number of fused-ring (bicyclic) bond motifs is 1. The third-order valence-corrected chi connectivity index (χ3v) is 4.15. The number of imidazole rings is 1. The lowest BCUT2D eigenvalue weighted by Crippen LogP contribution is -1.93. The summed E-state index contributed by atoms with van der Waals surface area (Å²) in [6.45, 7) is 1.41. The van der Waals surface area contributed by atoms with Crippen molar-refractivity contribution in [3.63, 3.8) is 0 Å². The van der Waals surface area contributed by atoms with Crippen molar-refractivity contribution in [3.05, 3.63) is 47.8 Å². The second kappa shape index (κ2) is 5.81. The fourth-order valence-electron chi connectivity index (χ4n) is 2.05. The zero-order valence-corrected chi connectivity index (χ0v) is 12.8. The molecule has 0 radical (unpaired) electrons. The molecule has 0 fully saturated rings. The Kier molecular flexibility index (Phi) is 3.85. The Balaban J connectivity index is 1.91. The van der Waals surface area contributed by atoms with Crippen LogP contribution in [0.1, 0.15) is 17.3 Å². The highest BCUT2D eigenvalue weighted by molar-refractivity contribution is 7.99. The number of hydrogen-bond donors (Lipinski definition) is 1. The van der Waals surface area contributed by atoms with Crippen LogP contribution in [0.2, 0.25) is 0 Å². The molecule has 1 N–H and O–H groups in total. The summed E-state index contributed by atoms with van der Waals surface area (Å²) in [6.07, 6.45) is 0. The molecule has 0 aliphatic rings. The first-order chi connectivity index (χ1) is 10.6. The molecule has 2 aromatic carbocycles. The number of aromatic amines is 1. The van der Waals surface area contributed by atoms with Gasteiger partial charge < -0.3 is 9.72 Å². The maximum Gasteiger partial charge on any atom is 0.171 e. The van der Waals surface area contributed by atoms with Crippen LogP contribution in [0.4, 0.5) is 4.39 Å². The maximum atomic E-state index is 14.0. The molecule has 22 heavy (non-hydrogen) atoms. The van der Waals surface area contributed by atoms with E-state index in [0.29, 0.717) is 15.6 Å². The molecule has 4 nitrogen and oxygen atoms in total. The number of Topliss-reactive ketones (excluding diaryl/α,β-unsaturated/α-hetero) is 1. The summed E-state index contributed by atoms with van der Waals surface area (Å²) in [5, 5.41) is 0.581. The van der Waals surface area contributed by atoms with Crippen LogP contribution in [-0.2, 0) is 0 Å². The standard InChI is InChI=1S/C16H13FN2O2S/c1-9(20)10-3-6-15(12(17)7-10)22-16-18-13-5-4-11(21-2)8-14(13)19-16/h3-8H,1-2H3,(H,18,19). The van der Waals surface area contributed by atoms with Crippen molar-refractivity contribution in [2.75, 3.05) is 7.11 Å². The lowest BCUT2D eigenvalue weighted by Gasteiger charge is -2.02. The molecule has 0 unspecified atom stereocenters.